The smallest absolute Gasteiger partial charge is 0.396 e. The molecule has 0 heterocycles. The van der Waals surface area contributed by atoms with Crippen molar-refractivity contribution in [3.8, 4) is 11.8 Å². The lowest BCUT2D eigenvalue weighted by molar-refractivity contribution is -0.0540. The molecule has 0 saturated heterocycles. The maximum atomic E-state index is 12.3. The first-order chi connectivity index (χ1) is 14.4. The fraction of sp³-hybridized carbons (Fsp3) is 0.364. The molecule has 0 fully saturated rings. The van der Waals surface area contributed by atoms with Gasteiger partial charge in [-0.2, -0.15) is 21.6 Å². The van der Waals surface area contributed by atoms with E-state index in [1.165, 1.54) is 0 Å². The molecule has 0 bridgehead atoms. The lowest BCUT2D eigenvalue weighted by Gasteiger charge is -2.42. The van der Waals surface area contributed by atoms with Crippen molar-refractivity contribution >= 4 is 28.8 Å². The summed E-state index contributed by atoms with van der Waals surface area (Å²) in [6.45, 7) is 5.72. The Labute approximate surface area is 182 Å². The molecule has 0 unspecified atom stereocenters. The third-order valence-electron chi connectivity index (χ3n) is 4.65. The van der Waals surface area contributed by atoms with Crippen LogP contribution in [-0.4, -0.2) is 35.5 Å². The molecule has 0 atom stereocenters. The van der Waals surface area contributed by atoms with Gasteiger partial charge in [0.05, 0.1) is 13.2 Å². The Kier molecular flexibility index (Phi) is 8.11. The molecule has 0 aromatic heterocycles. The highest BCUT2D eigenvalue weighted by Gasteiger charge is 2.50. The lowest BCUT2D eigenvalue weighted by atomic mass is 10.2. The molecule has 2 rings (SSSR count). The topological polar surface area (TPSA) is 52.6 Å². The van der Waals surface area contributed by atoms with Crippen LogP contribution in [0.3, 0.4) is 0 Å². The van der Waals surface area contributed by atoms with Gasteiger partial charge in [-0.25, -0.2) is 0 Å². The molecule has 0 spiro atoms. The van der Waals surface area contributed by atoms with Gasteiger partial charge >= 0.3 is 15.6 Å². The monoisotopic (exact) mass is 470 g/mol. The van der Waals surface area contributed by atoms with E-state index in [-0.39, 0.29) is 18.1 Å². The lowest BCUT2D eigenvalue weighted by Crippen LogP contribution is -2.66. The molecule has 0 saturated carbocycles. The van der Waals surface area contributed by atoms with Crippen molar-refractivity contribution in [1.29, 1.82) is 0 Å². The molecule has 0 aliphatic rings. The quantitative estimate of drug-likeness (QED) is 0.203. The zero-order valence-corrected chi connectivity index (χ0v) is 19.4. The Balaban J connectivity index is 2.19. The van der Waals surface area contributed by atoms with Crippen LogP contribution < -0.4 is 10.4 Å². The van der Waals surface area contributed by atoms with Gasteiger partial charge in [-0.15, -0.1) is 0 Å². The van der Waals surface area contributed by atoms with Gasteiger partial charge in [-0.05, 0) is 15.4 Å². The van der Waals surface area contributed by atoms with Crippen LogP contribution in [0.15, 0.2) is 60.7 Å². The second-order valence-corrected chi connectivity index (χ2v) is 13.7. The first-order valence-electron chi connectivity index (χ1n) is 9.58. The third kappa shape index (κ3) is 5.98. The van der Waals surface area contributed by atoms with Crippen molar-refractivity contribution in [2.24, 2.45) is 0 Å². The average Bonchev–Trinajstić information content (AvgIpc) is 2.69. The Morgan fingerprint density at radius 1 is 0.871 bits per heavy atom. The fourth-order valence-corrected chi connectivity index (χ4v) is 8.20. The van der Waals surface area contributed by atoms with Gasteiger partial charge in [-0.3, -0.25) is 4.18 Å². The molecule has 168 valence electrons. The van der Waals surface area contributed by atoms with Crippen molar-refractivity contribution in [1.82, 2.24) is 0 Å². The van der Waals surface area contributed by atoms with Gasteiger partial charge in [0.25, 0.3) is 8.32 Å². The molecular weight excluding hydrogens is 445 g/mol. The summed E-state index contributed by atoms with van der Waals surface area (Å²) in [5.74, 6) is 5.41. The molecule has 2 aromatic rings. The van der Waals surface area contributed by atoms with Crippen LogP contribution in [0.2, 0.25) is 5.04 Å². The van der Waals surface area contributed by atoms with Crippen molar-refractivity contribution in [2.75, 3.05) is 13.2 Å². The van der Waals surface area contributed by atoms with E-state index in [0.29, 0.717) is 0 Å². The SMILES string of the molecule is CC(C)(C)[Si](OCC#CCCOS(=O)(=O)C(F)(F)F)(c1ccccc1)c1ccccc1. The van der Waals surface area contributed by atoms with Gasteiger partial charge in [-0.1, -0.05) is 93.3 Å². The summed E-state index contributed by atoms with van der Waals surface area (Å²) in [4.78, 5) is 0. The van der Waals surface area contributed by atoms with E-state index in [4.69, 9.17) is 4.43 Å². The van der Waals surface area contributed by atoms with Crippen LogP contribution in [0, 0.1) is 11.8 Å². The highest BCUT2D eigenvalue weighted by Crippen LogP contribution is 2.36. The molecule has 0 aliphatic heterocycles. The molecule has 9 heteroatoms. The van der Waals surface area contributed by atoms with E-state index >= 15 is 0 Å². The largest absolute Gasteiger partial charge is 0.523 e. The highest BCUT2D eigenvalue weighted by atomic mass is 32.2. The number of hydrogen-bond donors (Lipinski definition) is 0. The summed E-state index contributed by atoms with van der Waals surface area (Å²) in [6, 6.07) is 19.8. The Morgan fingerprint density at radius 2 is 1.35 bits per heavy atom. The molecule has 4 nitrogen and oxygen atoms in total. The Morgan fingerprint density at radius 3 is 1.77 bits per heavy atom. The summed E-state index contributed by atoms with van der Waals surface area (Å²) in [5.41, 5.74) is -5.44. The number of benzene rings is 2. The summed E-state index contributed by atoms with van der Waals surface area (Å²) < 4.78 is 69.0. The van der Waals surface area contributed by atoms with Crippen LogP contribution >= 0.6 is 0 Å². The maximum absolute atomic E-state index is 12.3. The van der Waals surface area contributed by atoms with Gasteiger partial charge < -0.3 is 4.43 Å². The zero-order chi connectivity index (χ0) is 23.2. The van der Waals surface area contributed by atoms with Gasteiger partial charge in [0.2, 0.25) is 0 Å². The normalized spacial score (nSPS) is 12.8. The van der Waals surface area contributed by atoms with Gasteiger partial charge in [0, 0.05) is 6.42 Å². The maximum Gasteiger partial charge on any atom is 0.523 e. The molecule has 31 heavy (non-hydrogen) atoms. The molecule has 0 amide bonds. The first-order valence-corrected chi connectivity index (χ1v) is 12.9. The van der Waals surface area contributed by atoms with Gasteiger partial charge in [0.1, 0.15) is 0 Å². The molecule has 0 aliphatic carbocycles. The van der Waals surface area contributed by atoms with E-state index < -0.39 is 30.6 Å². The molecular formula is C22H25F3O4SSi. The van der Waals surface area contributed by atoms with Gasteiger partial charge in [0.15, 0.2) is 0 Å². The fourth-order valence-electron chi connectivity index (χ4n) is 3.31. The summed E-state index contributed by atoms with van der Waals surface area (Å²) in [7, 11) is -8.35. The Hall–Kier alpha value is -2.12. The van der Waals surface area contributed by atoms with E-state index in [2.05, 4.69) is 36.8 Å². The summed E-state index contributed by atoms with van der Waals surface area (Å²) in [6.07, 6.45) is -0.167. The van der Waals surface area contributed by atoms with Crippen LogP contribution in [0.5, 0.6) is 0 Å². The van der Waals surface area contributed by atoms with E-state index in [1.54, 1.807) is 0 Å². The second-order valence-electron chi connectivity index (χ2n) is 7.78. The first kappa shape index (κ1) is 25.1. The van der Waals surface area contributed by atoms with Crippen molar-refractivity contribution in [3.63, 3.8) is 0 Å². The van der Waals surface area contributed by atoms with Crippen LogP contribution in [0.4, 0.5) is 13.2 Å². The predicted octanol–water partition coefficient (Wildman–Crippen LogP) is 3.82. The minimum atomic E-state index is -5.60. The number of hydrogen-bond acceptors (Lipinski definition) is 4. The van der Waals surface area contributed by atoms with E-state index in [1.807, 2.05) is 60.7 Å². The number of halogens is 3. The second kappa shape index (κ2) is 10.00. The molecule has 0 N–H and O–H groups in total. The van der Waals surface area contributed by atoms with E-state index in [0.717, 1.165) is 10.4 Å². The zero-order valence-electron chi connectivity index (χ0n) is 17.6. The number of rotatable bonds is 7. The highest BCUT2D eigenvalue weighted by molar-refractivity contribution is 7.87. The minimum absolute atomic E-state index is 0.0549. The average molecular weight is 471 g/mol. The Bertz CT molecular complexity index is 966. The van der Waals surface area contributed by atoms with Crippen LogP contribution in [0.1, 0.15) is 27.2 Å². The summed E-state index contributed by atoms with van der Waals surface area (Å²) >= 11 is 0. The molecule has 2 aromatic carbocycles. The van der Waals surface area contributed by atoms with Crippen LogP contribution in [-0.2, 0) is 18.7 Å². The van der Waals surface area contributed by atoms with Crippen LogP contribution in [0.25, 0.3) is 0 Å². The van der Waals surface area contributed by atoms with Crippen molar-refractivity contribution < 1.29 is 30.2 Å². The van der Waals surface area contributed by atoms with Crippen molar-refractivity contribution in [2.45, 2.75) is 37.7 Å². The standard InChI is InChI=1S/C22H25F3O4SSi/c1-21(2,3)31(19-13-7-4-8-14-19,20-15-9-5-10-16-20)29-18-12-6-11-17-28-30(26,27)22(23,24)25/h4-5,7-10,13-16H,11,17-18H2,1-3H3. The molecule has 0 radical (unpaired) electrons. The van der Waals surface area contributed by atoms with E-state index in [9.17, 15) is 21.6 Å². The summed E-state index contributed by atoms with van der Waals surface area (Å²) in [5, 5.41) is 1.92. The predicted molar refractivity (Wildman–Crippen MR) is 117 cm³/mol. The van der Waals surface area contributed by atoms with Crippen molar-refractivity contribution in [3.05, 3.63) is 60.7 Å². The minimum Gasteiger partial charge on any atom is -0.396 e. The number of alkyl halides is 3. The third-order valence-corrected chi connectivity index (χ3v) is 10.7.